The fraction of sp³-hybridized carbons (Fsp3) is 0.667. The Labute approximate surface area is 114 Å². The molecular formula is C15H23FN2O. The van der Waals surface area contributed by atoms with Crippen LogP contribution in [0.1, 0.15) is 44.7 Å². The highest BCUT2D eigenvalue weighted by Gasteiger charge is 2.34. The number of nitrogens with one attached hydrogen (secondary N) is 1. The van der Waals surface area contributed by atoms with E-state index < -0.39 is 0 Å². The van der Waals surface area contributed by atoms with Crippen molar-refractivity contribution in [3.05, 3.63) is 29.8 Å². The van der Waals surface area contributed by atoms with Gasteiger partial charge in [-0.15, -0.1) is 0 Å². The van der Waals surface area contributed by atoms with Crippen molar-refractivity contribution in [2.24, 2.45) is 5.92 Å². The summed E-state index contributed by atoms with van der Waals surface area (Å²) >= 11 is 0. The van der Waals surface area contributed by atoms with Crippen molar-refractivity contribution < 1.29 is 9.13 Å². The van der Waals surface area contributed by atoms with Crippen LogP contribution in [-0.4, -0.2) is 24.2 Å². The van der Waals surface area contributed by atoms with Crippen molar-refractivity contribution in [1.82, 2.24) is 10.3 Å². The van der Waals surface area contributed by atoms with E-state index in [1.165, 1.54) is 6.20 Å². The van der Waals surface area contributed by atoms with Crippen LogP contribution in [0, 0.1) is 11.7 Å². The lowest BCUT2D eigenvalue weighted by molar-refractivity contribution is 0.0773. The van der Waals surface area contributed by atoms with Gasteiger partial charge >= 0.3 is 0 Å². The Morgan fingerprint density at radius 1 is 1.47 bits per heavy atom. The fourth-order valence-electron chi connectivity index (χ4n) is 2.88. The van der Waals surface area contributed by atoms with Gasteiger partial charge in [0.05, 0.1) is 12.3 Å². The zero-order valence-corrected chi connectivity index (χ0v) is 11.7. The molecule has 1 fully saturated rings. The molecule has 1 aliphatic rings. The van der Waals surface area contributed by atoms with Crippen LogP contribution in [0.15, 0.2) is 18.5 Å². The summed E-state index contributed by atoms with van der Waals surface area (Å²) in [4.78, 5) is 3.98. The highest BCUT2D eigenvalue weighted by atomic mass is 19.1. The number of hydrogen-bond acceptors (Lipinski definition) is 3. The van der Waals surface area contributed by atoms with E-state index in [4.69, 9.17) is 4.74 Å². The van der Waals surface area contributed by atoms with E-state index in [1.54, 1.807) is 12.3 Å². The van der Waals surface area contributed by atoms with Crippen molar-refractivity contribution in [3.63, 3.8) is 0 Å². The molecule has 1 aliphatic heterocycles. The summed E-state index contributed by atoms with van der Waals surface area (Å²) in [5, 5.41) is 3.53. The van der Waals surface area contributed by atoms with Crippen molar-refractivity contribution >= 4 is 0 Å². The average Bonchev–Trinajstić information content (AvgIpc) is 2.88. The number of rotatable bonds is 6. The highest BCUT2D eigenvalue weighted by molar-refractivity contribution is 5.17. The lowest BCUT2D eigenvalue weighted by atomic mass is 9.87. The van der Waals surface area contributed by atoms with E-state index in [0.29, 0.717) is 5.92 Å². The molecule has 1 N–H and O–H groups in total. The smallest absolute Gasteiger partial charge is 0.141 e. The summed E-state index contributed by atoms with van der Waals surface area (Å²) in [6.07, 6.45) is 6.36. The molecule has 2 heterocycles. The van der Waals surface area contributed by atoms with Gasteiger partial charge in [0.1, 0.15) is 5.82 Å². The van der Waals surface area contributed by atoms with Crippen molar-refractivity contribution in [1.29, 1.82) is 0 Å². The topological polar surface area (TPSA) is 34.2 Å². The molecule has 3 nitrogen and oxygen atoms in total. The minimum Gasteiger partial charge on any atom is -0.378 e. The fourth-order valence-corrected chi connectivity index (χ4v) is 2.88. The van der Waals surface area contributed by atoms with Crippen LogP contribution in [0.2, 0.25) is 0 Å². The number of halogens is 1. The summed E-state index contributed by atoms with van der Waals surface area (Å²) in [6.45, 7) is 6.00. The van der Waals surface area contributed by atoms with Crippen LogP contribution in [-0.2, 0) is 4.74 Å². The van der Waals surface area contributed by atoms with E-state index in [0.717, 1.165) is 38.0 Å². The second kappa shape index (κ2) is 6.96. The Balaban J connectivity index is 2.19. The molecule has 0 amide bonds. The van der Waals surface area contributed by atoms with Gasteiger partial charge in [-0.25, -0.2) is 4.39 Å². The molecule has 106 valence electrons. The molecule has 19 heavy (non-hydrogen) atoms. The Kier molecular flexibility index (Phi) is 5.28. The minimum absolute atomic E-state index is 0.135. The SMILES string of the molecule is CCCNC(c1cncc(F)c1)C1CCOC1CC. The van der Waals surface area contributed by atoms with Gasteiger partial charge in [-0.1, -0.05) is 13.8 Å². The molecular weight excluding hydrogens is 243 g/mol. The van der Waals surface area contributed by atoms with Crippen LogP contribution in [0.25, 0.3) is 0 Å². The van der Waals surface area contributed by atoms with Crippen molar-refractivity contribution in [2.45, 2.75) is 45.3 Å². The zero-order valence-electron chi connectivity index (χ0n) is 11.7. The Hall–Kier alpha value is -1.00. The van der Waals surface area contributed by atoms with Crippen LogP contribution < -0.4 is 5.32 Å². The quantitative estimate of drug-likeness (QED) is 0.859. The summed E-state index contributed by atoms with van der Waals surface area (Å²) in [7, 11) is 0. The van der Waals surface area contributed by atoms with Crippen molar-refractivity contribution in [3.8, 4) is 0 Å². The summed E-state index contributed by atoms with van der Waals surface area (Å²) in [6, 6.07) is 1.72. The molecule has 1 saturated heterocycles. The zero-order chi connectivity index (χ0) is 13.7. The van der Waals surface area contributed by atoms with Gasteiger partial charge < -0.3 is 10.1 Å². The van der Waals surface area contributed by atoms with Crippen LogP contribution in [0.5, 0.6) is 0 Å². The van der Waals surface area contributed by atoms with Gasteiger partial charge in [0.2, 0.25) is 0 Å². The van der Waals surface area contributed by atoms with Crippen molar-refractivity contribution in [2.75, 3.05) is 13.2 Å². The molecule has 0 spiro atoms. The Morgan fingerprint density at radius 3 is 3.00 bits per heavy atom. The van der Waals surface area contributed by atoms with E-state index in [-0.39, 0.29) is 18.0 Å². The van der Waals surface area contributed by atoms with Crippen LogP contribution in [0.3, 0.4) is 0 Å². The minimum atomic E-state index is -0.271. The van der Waals surface area contributed by atoms with Gasteiger partial charge in [0, 0.05) is 24.8 Å². The van der Waals surface area contributed by atoms with E-state index in [9.17, 15) is 4.39 Å². The molecule has 4 heteroatoms. The molecule has 1 aromatic rings. The number of aromatic nitrogens is 1. The van der Waals surface area contributed by atoms with Gasteiger partial charge in [0.15, 0.2) is 0 Å². The van der Waals surface area contributed by atoms with Gasteiger partial charge in [-0.2, -0.15) is 0 Å². The van der Waals surface area contributed by atoms with Gasteiger partial charge in [-0.05, 0) is 37.4 Å². The van der Waals surface area contributed by atoms with Crippen LogP contribution in [0.4, 0.5) is 4.39 Å². The maximum Gasteiger partial charge on any atom is 0.141 e. The van der Waals surface area contributed by atoms with Crippen LogP contribution >= 0.6 is 0 Å². The predicted octanol–water partition coefficient (Wildman–Crippen LogP) is 3.08. The lowest BCUT2D eigenvalue weighted by Crippen LogP contribution is -2.33. The second-order valence-electron chi connectivity index (χ2n) is 5.14. The third-order valence-electron chi connectivity index (χ3n) is 3.79. The van der Waals surface area contributed by atoms with Gasteiger partial charge in [-0.3, -0.25) is 4.98 Å². The molecule has 0 aliphatic carbocycles. The highest BCUT2D eigenvalue weighted by Crippen LogP contribution is 2.34. The lowest BCUT2D eigenvalue weighted by Gasteiger charge is -2.28. The van der Waals surface area contributed by atoms with E-state index >= 15 is 0 Å². The first-order valence-electron chi connectivity index (χ1n) is 7.21. The predicted molar refractivity (Wildman–Crippen MR) is 73.4 cm³/mol. The first-order valence-corrected chi connectivity index (χ1v) is 7.21. The first kappa shape index (κ1) is 14.4. The molecule has 0 bridgehead atoms. The molecule has 0 aromatic carbocycles. The Bertz CT molecular complexity index is 399. The summed E-state index contributed by atoms with van der Waals surface area (Å²) in [5.74, 6) is 0.132. The van der Waals surface area contributed by atoms with Gasteiger partial charge in [0.25, 0.3) is 0 Å². The Morgan fingerprint density at radius 2 is 2.32 bits per heavy atom. The van der Waals surface area contributed by atoms with E-state index in [1.807, 2.05) is 0 Å². The monoisotopic (exact) mass is 266 g/mol. The number of ether oxygens (including phenoxy) is 1. The average molecular weight is 266 g/mol. The summed E-state index contributed by atoms with van der Waals surface area (Å²) < 4.78 is 19.2. The molecule has 3 atom stereocenters. The molecule has 1 aromatic heterocycles. The maximum atomic E-state index is 13.4. The standard InChI is InChI=1S/C15H23FN2O/c1-3-6-18-15(11-8-12(16)10-17-9-11)13-5-7-19-14(13)4-2/h8-10,13-15,18H,3-7H2,1-2H3. The largest absolute Gasteiger partial charge is 0.378 e. The first-order chi connectivity index (χ1) is 9.26. The number of nitrogens with zero attached hydrogens (tertiary/aromatic N) is 1. The molecule has 2 rings (SSSR count). The van der Waals surface area contributed by atoms with E-state index in [2.05, 4.69) is 24.1 Å². The third-order valence-corrected chi connectivity index (χ3v) is 3.79. The molecule has 3 unspecified atom stereocenters. The normalized spacial score (nSPS) is 24.6. The maximum absolute atomic E-state index is 13.4. The molecule has 0 saturated carbocycles. The summed E-state index contributed by atoms with van der Waals surface area (Å²) in [5.41, 5.74) is 0.933. The number of hydrogen-bond donors (Lipinski definition) is 1. The third kappa shape index (κ3) is 3.51. The second-order valence-corrected chi connectivity index (χ2v) is 5.14. The number of pyridine rings is 1. The molecule has 0 radical (unpaired) electrons.